The normalized spacial score (nSPS) is 14.4. The SMILES string of the molecule is C=C(C)C(=O)NCCNc1ccc(-c2cc(OCCN3CCN(C)CC3)cn3ncc(C#N)c23)cn1. The lowest BCUT2D eigenvalue weighted by atomic mass is 10.1. The van der Waals surface area contributed by atoms with Crippen molar-refractivity contribution in [2.45, 2.75) is 6.92 Å². The average molecular weight is 489 g/mol. The van der Waals surface area contributed by atoms with Crippen molar-refractivity contribution < 1.29 is 9.53 Å². The van der Waals surface area contributed by atoms with Gasteiger partial charge in [-0.15, -0.1) is 0 Å². The number of nitriles is 1. The highest BCUT2D eigenvalue weighted by Gasteiger charge is 2.16. The molecule has 0 atom stereocenters. The van der Waals surface area contributed by atoms with Gasteiger partial charge in [0.05, 0.1) is 23.5 Å². The van der Waals surface area contributed by atoms with Crippen LogP contribution in [0.3, 0.4) is 0 Å². The number of anilines is 1. The molecule has 36 heavy (non-hydrogen) atoms. The first-order chi connectivity index (χ1) is 17.4. The lowest BCUT2D eigenvalue weighted by molar-refractivity contribution is -0.117. The van der Waals surface area contributed by atoms with E-state index in [9.17, 15) is 10.1 Å². The van der Waals surface area contributed by atoms with Gasteiger partial charge in [-0.2, -0.15) is 10.4 Å². The first-order valence-corrected chi connectivity index (χ1v) is 12.0. The van der Waals surface area contributed by atoms with Crippen LogP contribution in [0.4, 0.5) is 5.82 Å². The van der Waals surface area contributed by atoms with Crippen LogP contribution in [0, 0.1) is 11.3 Å². The Kier molecular flexibility index (Phi) is 8.15. The standard InChI is InChI=1S/C26H32N8O2/c1-19(2)26(35)29-7-6-28-24-5-4-20(16-30-24)23-14-22(18-34-25(23)21(15-27)17-31-34)36-13-12-33-10-8-32(3)9-11-33/h4-5,14,16-18H,1,6-13H2,2-3H3,(H,28,30)(H,29,35). The molecule has 3 aromatic rings. The van der Waals surface area contributed by atoms with E-state index in [1.807, 2.05) is 24.4 Å². The number of aromatic nitrogens is 3. The van der Waals surface area contributed by atoms with Crippen molar-refractivity contribution in [1.29, 1.82) is 5.26 Å². The summed E-state index contributed by atoms with van der Waals surface area (Å²) in [6.45, 7) is 12.0. The predicted octanol–water partition coefficient (Wildman–Crippen LogP) is 2.00. The fraction of sp³-hybridized carbons (Fsp3) is 0.385. The van der Waals surface area contributed by atoms with Gasteiger partial charge in [0.25, 0.3) is 0 Å². The molecule has 1 aliphatic rings. The minimum absolute atomic E-state index is 0.163. The van der Waals surface area contributed by atoms with Crippen molar-refractivity contribution in [2.75, 3.05) is 64.8 Å². The number of likely N-dealkylation sites (N-methyl/N-ethyl adjacent to an activating group) is 1. The van der Waals surface area contributed by atoms with Gasteiger partial charge in [-0.05, 0) is 32.2 Å². The maximum atomic E-state index is 11.6. The van der Waals surface area contributed by atoms with Gasteiger partial charge in [-0.3, -0.25) is 9.69 Å². The third kappa shape index (κ3) is 6.19. The zero-order valence-electron chi connectivity index (χ0n) is 20.8. The predicted molar refractivity (Wildman–Crippen MR) is 139 cm³/mol. The summed E-state index contributed by atoms with van der Waals surface area (Å²) in [5.74, 6) is 1.21. The van der Waals surface area contributed by atoms with Crippen LogP contribution >= 0.6 is 0 Å². The molecule has 1 amide bonds. The highest BCUT2D eigenvalue weighted by molar-refractivity contribution is 5.92. The summed E-state index contributed by atoms with van der Waals surface area (Å²) in [6.07, 6.45) is 5.13. The zero-order valence-corrected chi connectivity index (χ0v) is 20.8. The number of pyridine rings is 2. The van der Waals surface area contributed by atoms with E-state index in [-0.39, 0.29) is 5.91 Å². The maximum Gasteiger partial charge on any atom is 0.246 e. The summed E-state index contributed by atoms with van der Waals surface area (Å²) in [5.41, 5.74) is 3.36. The molecule has 10 heteroatoms. The summed E-state index contributed by atoms with van der Waals surface area (Å²) in [5, 5.41) is 19.9. The monoisotopic (exact) mass is 488 g/mol. The van der Waals surface area contributed by atoms with E-state index < -0.39 is 0 Å². The highest BCUT2D eigenvalue weighted by atomic mass is 16.5. The minimum Gasteiger partial charge on any atom is -0.491 e. The van der Waals surface area contributed by atoms with E-state index in [2.05, 4.69) is 50.2 Å². The molecule has 2 N–H and O–H groups in total. The number of carbonyl (C=O) groups is 1. The molecule has 4 rings (SSSR count). The van der Waals surface area contributed by atoms with Crippen LogP contribution in [0.5, 0.6) is 5.75 Å². The molecule has 1 saturated heterocycles. The van der Waals surface area contributed by atoms with Crippen LogP contribution < -0.4 is 15.4 Å². The van der Waals surface area contributed by atoms with Crippen LogP contribution in [0.2, 0.25) is 0 Å². The van der Waals surface area contributed by atoms with Gasteiger partial charge in [0.2, 0.25) is 5.91 Å². The number of hydrogen-bond acceptors (Lipinski definition) is 8. The highest BCUT2D eigenvalue weighted by Crippen LogP contribution is 2.31. The van der Waals surface area contributed by atoms with E-state index in [0.29, 0.717) is 47.9 Å². The fourth-order valence-corrected chi connectivity index (χ4v) is 4.02. The molecular formula is C26H32N8O2. The van der Waals surface area contributed by atoms with Crippen molar-refractivity contribution in [3.8, 4) is 22.9 Å². The first-order valence-electron chi connectivity index (χ1n) is 12.0. The van der Waals surface area contributed by atoms with Gasteiger partial charge < -0.3 is 20.3 Å². The smallest absolute Gasteiger partial charge is 0.246 e. The Morgan fingerprint density at radius 2 is 2.03 bits per heavy atom. The first kappa shape index (κ1) is 25.2. The zero-order chi connectivity index (χ0) is 25.5. The average Bonchev–Trinajstić information content (AvgIpc) is 3.30. The van der Waals surface area contributed by atoms with Gasteiger partial charge in [-0.25, -0.2) is 9.50 Å². The second-order valence-corrected chi connectivity index (χ2v) is 8.94. The Bertz CT molecular complexity index is 1250. The molecule has 10 nitrogen and oxygen atoms in total. The van der Waals surface area contributed by atoms with Crippen molar-refractivity contribution in [3.63, 3.8) is 0 Å². The summed E-state index contributed by atoms with van der Waals surface area (Å²) in [4.78, 5) is 20.8. The maximum absolute atomic E-state index is 11.6. The van der Waals surface area contributed by atoms with Crippen molar-refractivity contribution in [2.24, 2.45) is 0 Å². The number of hydrogen-bond donors (Lipinski definition) is 2. The molecule has 1 aliphatic heterocycles. The number of piperazine rings is 1. The van der Waals surface area contributed by atoms with Crippen molar-refractivity contribution in [1.82, 2.24) is 29.7 Å². The molecule has 4 heterocycles. The largest absolute Gasteiger partial charge is 0.491 e. The van der Waals surface area contributed by atoms with E-state index in [1.165, 1.54) is 0 Å². The topological polar surface area (TPSA) is 111 Å². The number of nitrogens with zero attached hydrogens (tertiary/aromatic N) is 6. The van der Waals surface area contributed by atoms with Crippen LogP contribution in [-0.4, -0.2) is 89.8 Å². The molecule has 0 radical (unpaired) electrons. The molecule has 0 unspecified atom stereocenters. The van der Waals surface area contributed by atoms with Gasteiger partial charge in [0, 0.05) is 68.7 Å². The number of amides is 1. The summed E-state index contributed by atoms with van der Waals surface area (Å²) in [7, 11) is 2.14. The Morgan fingerprint density at radius 1 is 1.22 bits per heavy atom. The molecule has 0 saturated carbocycles. The molecule has 0 bridgehead atoms. The molecule has 3 aromatic heterocycles. The van der Waals surface area contributed by atoms with E-state index in [4.69, 9.17) is 4.74 Å². The molecule has 0 aliphatic carbocycles. The van der Waals surface area contributed by atoms with Crippen LogP contribution in [0.1, 0.15) is 12.5 Å². The molecule has 188 valence electrons. The minimum atomic E-state index is -0.163. The van der Waals surface area contributed by atoms with E-state index in [1.54, 1.807) is 23.8 Å². The van der Waals surface area contributed by atoms with Crippen molar-refractivity contribution >= 4 is 17.2 Å². The van der Waals surface area contributed by atoms with Crippen molar-refractivity contribution in [3.05, 3.63) is 54.5 Å². The Balaban J connectivity index is 1.45. The number of nitrogens with one attached hydrogen (secondary N) is 2. The third-order valence-electron chi connectivity index (χ3n) is 6.16. The lowest BCUT2D eigenvalue weighted by Gasteiger charge is -2.32. The number of ether oxygens (including phenoxy) is 1. The Hall–Kier alpha value is -3.94. The van der Waals surface area contributed by atoms with Gasteiger partial charge in [0.15, 0.2) is 0 Å². The lowest BCUT2D eigenvalue weighted by Crippen LogP contribution is -2.45. The summed E-state index contributed by atoms with van der Waals surface area (Å²) in [6, 6.07) is 7.98. The van der Waals surface area contributed by atoms with E-state index >= 15 is 0 Å². The molecule has 0 spiro atoms. The summed E-state index contributed by atoms with van der Waals surface area (Å²) >= 11 is 0. The Labute approximate surface area is 211 Å². The quantitative estimate of drug-likeness (QED) is 0.329. The number of rotatable bonds is 10. The van der Waals surface area contributed by atoms with Crippen LogP contribution in [-0.2, 0) is 4.79 Å². The third-order valence-corrected chi connectivity index (χ3v) is 6.16. The van der Waals surface area contributed by atoms with Crippen LogP contribution in [0.25, 0.3) is 16.6 Å². The summed E-state index contributed by atoms with van der Waals surface area (Å²) < 4.78 is 7.79. The second-order valence-electron chi connectivity index (χ2n) is 8.94. The van der Waals surface area contributed by atoms with Gasteiger partial charge >= 0.3 is 0 Å². The number of carbonyl (C=O) groups excluding carboxylic acids is 1. The fourth-order valence-electron chi connectivity index (χ4n) is 4.02. The molecule has 0 aromatic carbocycles. The van der Waals surface area contributed by atoms with Gasteiger partial charge in [-0.1, -0.05) is 6.58 Å². The number of fused-ring (bicyclic) bond motifs is 1. The second kappa shape index (κ2) is 11.7. The molecular weight excluding hydrogens is 456 g/mol. The van der Waals surface area contributed by atoms with Crippen LogP contribution in [0.15, 0.2) is 48.9 Å². The van der Waals surface area contributed by atoms with E-state index in [0.717, 1.165) is 43.9 Å². The molecule has 1 fully saturated rings. The van der Waals surface area contributed by atoms with Gasteiger partial charge in [0.1, 0.15) is 24.2 Å². The Morgan fingerprint density at radius 3 is 2.72 bits per heavy atom.